The maximum atomic E-state index is 6.55. The molecule has 0 aliphatic rings. The van der Waals surface area contributed by atoms with Crippen LogP contribution in [-0.2, 0) is 4.74 Å². The van der Waals surface area contributed by atoms with E-state index >= 15 is 0 Å². The smallest absolute Gasteiger partial charge is 0.141 e. The Morgan fingerprint density at radius 3 is 2.16 bits per heavy atom. The summed E-state index contributed by atoms with van der Waals surface area (Å²) in [7, 11) is 4.68. The molecule has 0 aliphatic carbocycles. The third-order valence-electron chi connectivity index (χ3n) is 4.16. The van der Waals surface area contributed by atoms with Gasteiger partial charge in [0.05, 0.1) is 36.6 Å². The normalized spacial score (nSPS) is 10.4. The molecule has 0 spiro atoms. The van der Waals surface area contributed by atoms with E-state index in [9.17, 15) is 0 Å². The molecule has 0 amide bonds. The summed E-state index contributed by atoms with van der Waals surface area (Å²) in [6.07, 6.45) is 2.93. The fraction of sp³-hybridized carbons (Fsp3) is 0.364. The standard InChI is InChI=1S/C19H20Cl2N4O3.C3H8/c1-26-5-4-23-19-11-7-15(22)24-9-10(11)6-12(25-19)16-17(20)13(27-2)8-14(28-3)18(16)21;1-3-2/h6-9H,4-5H2,1-3H3,(H2,22,24)(H,23,25);3H2,1-2H3. The number of rotatable bonds is 7. The molecule has 0 radical (unpaired) electrons. The van der Waals surface area contributed by atoms with E-state index in [2.05, 4.69) is 24.1 Å². The lowest BCUT2D eigenvalue weighted by atomic mass is 10.1. The predicted molar refractivity (Wildman–Crippen MR) is 129 cm³/mol. The van der Waals surface area contributed by atoms with Gasteiger partial charge in [0.2, 0.25) is 0 Å². The highest BCUT2D eigenvalue weighted by atomic mass is 35.5. The second kappa shape index (κ2) is 11.8. The van der Waals surface area contributed by atoms with Gasteiger partial charge in [-0.25, -0.2) is 9.97 Å². The number of nitrogens with zero attached hydrogens (tertiary/aromatic N) is 2. The number of benzene rings is 1. The SMILES string of the molecule is CCC.COCCNc1nc(-c2c(Cl)c(OC)cc(OC)c2Cl)cc2cnc(N)cc12. The molecule has 9 heteroatoms. The number of aromatic nitrogens is 2. The number of halogens is 2. The van der Waals surface area contributed by atoms with E-state index < -0.39 is 0 Å². The number of pyridine rings is 2. The number of hydrogen-bond acceptors (Lipinski definition) is 7. The van der Waals surface area contributed by atoms with Gasteiger partial charge < -0.3 is 25.3 Å². The Kier molecular flexibility index (Phi) is 9.43. The summed E-state index contributed by atoms with van der Waals surface area (Å²) in [5.41, 5.74) is 6.91. The van der Waals surface area contributed by atoms with Crippen molar-refractivity contribution in [1.82, 2.24) is 9.97 Å². The molecule has 0 fully saturated rings. The summed E-state index contributed by atoms with van der Waals surface area (Å²) in [5.74, 6) is 1.89. The maximum Gasteiger partial charge on any atom is 0.141 e. The van der Waals surface area contributed by atoms with Crippen LogP contribution in [0.4, 0.5) is 11.6 Å². The minimum atomic E-state index is 0.339. The largest absolute Gasteiger partial charge is 0.495 e. The van der Waals surface area contributed by atoms with Crippen LogP contribution in [0.15, 0.2) is 24.4 Å². The van der Waals surface area contributed by atoms with E-state index in [1.54, 1.807) is 25.4 Å². The number of methoxy groups -OCH3 is 3. The van der Waals surface area contributed by atoms with Crippen molar-refractivity contribution < 1.29 is 14.2 Å². The zero-order valence-corrected chi connectivity index (χ0v) is 19.9. The molecule has 0 saturated carbocycles. The third kappa shape index (κ3) is 5.81. The molecule has 0 bridgehead atoms. The molecule has 168 valence electrons. The van der Waals surface area contributed by atoms with Crippen LogP contribution >= 0.6 is 23.2 Å². The van der Waals surface area contributed by atoms with Crippen LogP contribution in [0.25, 0.3) is 22.0 Å². The van der Waals surface area contributed by atoms with Crippen molar-refractivity contribution in [3.05, 3.63) is 34.4 Å². The van der Waals surface area contributed by atoms with Gasteiger partial charge in [-0.05, 0) is 12.1 Å². The monoisotopic (exact) mass is 466 g/mol. The van der Waals surface area contributed by atoms with Crippen LogP contribution in [-0.4, -0.2) is 44.4 Å². The lowest BCUT2D eigenvalue weighted by molar-refractivity contribution is 0.210. The van der Waals surface area contributed by atoms with Crippen molar-refractivity contribution in [3.8, 4) is 22.8 Å². The fourth-order valence-corrected chi connectivity index (χ4v) is 3.50. The van der Waals surface area contributed by atoms with Gasteiger partial charge in [-0.15, -0.1) is 0 Å². The Morgan fingerprint density at radius 2 is 1.61 bits per heavy atom. The Bertz CT molecular complexity index is 1000. The van der Waals surface area contributed by atoms with E-state index in [4.69, 9.17) is 48.1 Å². The van der Waals surface area contributed by atoms with Crippen molar-refractivity contribution >= 4 is 45.6 Å². The van der Waals surface area contributed by atoms with Crippen molar-refractivity contribution in [1.29, 1.82) is 0 Å². The lowest BCUT2D eigenvalue weighted by Gasteiger charge is -2.16. The summed E-state index contributed by atoms with van der Waals surface area (Å²) in [4.78, 5) is 8.90. The molecule has 1 aromatic carbocycles. The molecule has 0 atom stereocenters. The van der Waals surface area contributed by atoms with E-state index in [1.807, 2.05) is 6.07 Å². The highest BCUT2D eigenvalue weighted by molar-refractivity contribution is 6.41. The Labute approximate surface area is 192 Å². The van der Waals surface area contributed by atoms with Gasteiger partial charge >= 0.3 is 0 Å². The number of hydrogen-bond donors (Lipinski definition) is 2. The van der Waals surface area contributed by atoms with Crippen molar-refractivity contribution in [3.63, 3.8) is 0 Å². The zero-order valence-electron chi connectivity index (χ0n) is 18.4. The number of ether oxygens (including phenoxy) is 3. The molecular weight excluding hydrogens is 439 g/mol. The van der Waals surface area contributed by atoms with Crippen molar-refractivity contribution in [2.45, 2.75) is 20.3 Å². The summed E-state index contributed by atoms with van der Waals surface area (Å²) in [6, 6.07) is 5.24. The van der Waals surface area contributed by atoms with Crippen LogP contribution in [0.3, 0.4) is 0 Å². The first-order chi connectivity index (χ1) is 14.9. The van der Waals surface area contributed by atoms with Crippen molar-refractivity contribution in [2.75, 3.05) is 45.5 Å². The van der Waals surface area contributed by atoms with Crippen LogP contribution in [0.2, 0.25) is 10.0 Å². The molecule has 2 aromatic heterocycles. The van der Waals surface area contributed by atoms with Gasteiger partial charge in [0, 0.05) is 42.3 Å². The van der Waals surface area contributed by atoms with E-state index in [0.717, 1.165) is 10.8 Å². The minimum Gasteiger partial charge on any atom is -0.495 e. The predicted octanol–water partition coefficient (Wildman–Crippen LogP) is 5.68. The van der Waals surface area contributed by atoms with Crippen LogP contribution < -0.4 is 20.5 Å². The second-order valence-electron chi connectivity index (χ2n) is 6.60. The molecule has 3 rings (SSSR count). The van der Waals surface area contributed by atoms with E-state index in [0.29, 0.717) is 57.6 Å². The summed E-state index contributed by atoms with van der Waals surface area (Å²) >= 11 is 13.1. The third-order valence-corrected chi connectivity index (χ3v) is 4.91. The van der Waals surface area contributed by atoms with Gasteiger partial charge in [0.25, 0.3) is 0 Å². The molecule has 2 heterocycles. The van der Waals surface area contributed by atoms with Crippen molar-refractivity contribution in [2.24, 2.45) is 0 Å². The molecule has 0 unspecified atom stereocenters. The Hall–Kier alpha value is -2.48. The second-order valence-corrected chi connectivity index (χ2v) is 7.35. The molecular formula is C22H28Cl2N4O3. The number of nitrogens with two attached hydrogens (primary N) is 1. The average molecular weight is 467 g/mol. The highest BCUT2D eigenvalue weighted by Gasteiger charge is 2.21. The molecule has 3 N–H and O–H groups in total. The minimum absolute atomic E-state index is 0.339. The summed E-state index contributed by atoms with van der Waals surface area (Å²) in [6.45, 7) is 5.33. The molecule has 7 nitrogen and oxygen atoms in total. The maximum absolute atomic E-state index is 6.55. The Balaban J connectivity index is 0.00000107. The summed E-state index contributed by atoms with van der Waals surface area (Å²) < 4.78 is 15.8. The van der Waals surface area contributed by atoms with E-state index in [1.165, 1.54) is 20.6 Å². The molecule has 0 saturated heterocycles. The number of nitrogens with one attached hydrogen (secondary N) is 1. The average Bonchev–Trinajstić information content (AvgIpc) is 2.75. The summed E-state index contributed by atoms with van der Waals surface area (Å²) in [5, 5.41) is 5.59. The van der Waals surface area contributed by atoms with Gasteiger partial charge in [-0.1, -0.05) is 43.5 Å². The quantitative estimate of drug-likeness (QED) is 0.432. The van der Waals surface area contributed by atoms with Gasteiger partial charge in [0.15, 0.2) is 0 Å². The Morgan fingerprint density at radius 1 is 1.00 bits per heavy atom. The highest BCUT2D eigenvalue weighted by Crippen LogP contribution is 2.46. The van der Waals surface area contributed by atoms with E-state index in [-0.39, 0.29) is 0 Å². The van der Waals surface area contributed by atoms with Crippen LogP contribution in [0.5, 0.6) is 11.5 Å². The fourth-order valence-electron chi connectivity index (χ4n) is 2.81. The molecule has 31 heavy (non-hydrogen) atoms. The van der Waals surface area contributed by atoms with Gasteiger partial charge in [-0.3, -0.25) is 0 Å². The number of nitrogen functional groups attached to an aromatic ring is 1. The van der Waals surface area contributed by atoms with Crippen LogP contribution in [0, 0.1) is 0 Å². The number of fused-ring (bicyclic) bond motifs is 1. The lowest BCUT2D eigenvalue weighted by Crippen LogP contribution is -2.10. The molecule has 0 aliphatic heterocycles. The molecule has 3 aromatic rings. The number of anilines is 2. The van der Waals surface area contributed by atoms with Crippen LogP contribution in [0.1, 0.15) is 20.3 Å². The zero-order chi connectivity index (χ0) is 23.0. The topological polar surface area (TPSA) is 91.5 Å². The first-order valence-corrected chi connectivity index (χ1v) is 10.6. The van der Waals surface area contributed by atoms with Gasteiger partial charge in [-0.2, -0.15) is 0 Å². The van der Waals surface area contributed by atoms with Gasteiger partial charge in [0.1, 0.15) is 23.1 Å². The first-order valence-electron chi connectivity index (χ1n) is 9.81. The first kappa shape index (κ1) is 24.8.